The molecule has 1 heterocycles. The van der Waals surface area contributed by atoms with E-state index < -0.39 is 0 Å². The third-order valence-electron chi connectivity index (χ3n) is 4.40. The molecule has 2 atom stereocenters. The Morgan fingerprint density at radius 3 is 2.58 bits per heavy atom. The standard InChI is InChI=1S/C17H28N2/c1-2-10-19-14-17-7-5-3-4-6-16(17)13-15-8-11-18-12-9-15/h8-9,11-12,16-17,19H,2-7,10,13-14H2,1H3. The first-order chi connectivity index (χ1) is 9.40. The lowest BCUT2D eigenvalue weighted by Gasteiger charge is -2.25. The molecule has 0 spiro atoms. The van der Waals surface area contributed by atoms with Gasteiger partial charge in [-0.05, 0) is 68.3 Å². The van der Waals surface area contributed by atoms with Gasteiger partial charge in [0.05, 0.1) is 0 Å². The maximum absolute atomic E-state index is 4.12. The summed E-state index contributed by atoms with van der Waals surface area (Å²) >= 11 is 0. The van der Waals surface area contributed by atoms with Crippen molar-refractivity contribution in [3.8, 4) is 0 Å². The predicted molar refractivity (Wildman–Crippen MR) is 81.2 cm³/mol. The van der Waals surface area contributed by atoms with Gasteiger partial charge >= 0.3 is 0 Å². The molecule has 1 fully saturated rings. The van der Waals surface area contributed by atoms with Gasteiger partial charge in [0.15, 0.2) is 0 Å². The summed E-state index contributed by atoms with van der Waals surface area (Å²) in [5.41, 5.74) is 1.46. The average Bonchev–Trinajstić information content (AvgIpc) is 2.66. The van der Waals surface area contributed by atoms with E-state index in [4.69, 9.17) is 0 Å². The molecule has 1 aromatic heterocycles. The fraction of sp³-hybridized carbons (Fsp3) is 0.706. The van der Waals surface area contributed by atoms with Gasteiger partial charge in [-0.25, -0.2) is 0 Å². The highest BCUT2D eigenvalue weighted by atomic mass is 14.9. The van der Waals surface area contributed by atoms with E-state index in [1.54, 1.807) is 0 Å². The lowest BCUT2D eigenvalue weighted by atomic mass is 9.83. The SMILES string of the molecule is CCCNCC1CCCCCC1Cc1ccncc1. The van der Waals surface area contributed by atoms with Crippen molar-refractivity contribution < 1.29 is 0 Å². The molecule has 2 unspecified atom stereocenters. The van der Waals surface area contributed by atoms with Gasteiger partial charge in [-0.15, -0.1) is 0 Å². The molecule has 0 aromatic carbocycles. The summed E-state index contributed by atoms with van der Waals surface area (Å²) in [5, 5.41) is 3.64. The van der Waals surface area contributed by atoms with Crippen LogP contribution in [0.1, 0.15) is 51.0 Å². The van der Waals surface area contributed by atoms with E-state index in [1.165, 1.54) is 63.6 Å². The van der Waals surface area contributed by atoms with Crippen LogP contribution in [0.3, 0.4) is 0 Å². The van der Waals surface area contributed by atoms with Crippen molar-refractivity contribution in [2.75, 3.05) is 13.1 Å². The van der Waals surface area contributed by atoms with Gasteiger partial charge in [0.2, 0.25) is 0 Å². The van der Waals surface area contributed by atoms with Crippen molar-refractivity contribution in [2.24, 2.45) is 11.8 Å². The van der Waals surface area contributed by atoms with Crippen LogP contribution in [-0.4, -0.2) is 18.1 Å². The van der Waals surface area contributed by atoms with E-state index in [-0.39, 0.29) is 0 Å². The molecule has 1 aliphatic carbocycles. The summed E-state index contributed by atoms with van der Waals surface area (Å²) in [6, 6.07) is 4.36. The topological polar surface area (TPSA) is 24.9 Å². The second-order valence-corrected chi connectivity index (χ2v) is 5.92. The molecular formula is C17H28N2. The molecule has 0 radical (unpaired) electrons. The number of pyridine rings is 1. The third kappa shape index (κ3) is 4.94. The number of hydrogen-bond donors (Lipinski definition) is 1. The van der Waals surface area contributed by atoms with E-state index in [1.807, 2.05) is 12.4 Å². The van der Waals surface area contributed by atoms with Crippen molar-refractivity contribution in [2.45, 2.75) is 51.9 Å². The van der Waals surface area contributed by atoms with E-state index >= 15 is 0 Å². The van der Waals surface area contributed by atoms with Gasteiger partial charge < -0.3 is 5.32 Å². The van der Waals surface area contributed by atoms with Gasteiger partial charge in [0.1, 0.15) is 0 Å². The molecule has 0 amide bonds. The molecule has 19 heavy (non-hydrogen) atoms. The first-order valence-corrected chi connectivity index (χ1v) is 7.99. The van der Waals surface area contributed by atoms with Crippen LogP contribution in [0.25, 0.3) is 0 Å². The molecule has 0 aliphatic heterocycles. The largest absolute Gasteiger partial charge is 0.316 e. The van der Waals surface area contributed by atoms with Crippen molar-refractivity contribution >= 4 is 0 Å². The van der Waals surface area contributed by atoms with Crippen LogP contribution >= 0.6 is 0 Å². The molecule has 1 aromatic rings. The number of aromatic nitrogens is 1. The summed E-state index contributed by atoms with van der Waals surface area (Å²) in [6.07, 6.45) is 13.4. The van der Waals surface area contributed by atoms with Gasteiger partial charge in [0.25, 0.3) is 0 Å². The van der Waals surface area contributed by atoms with Gasteiger partial charge in [-0.1, -0.05) is 26.2 Å². The first-order valence-electron chi connectivity index (χ1n) is 7.99. The number of hydrogen-bond acceptors (Lipinski definition) is 2. The minimum absolute atomic E-state index is 0.856. The molecule has 0 saturated heterocycles. The van der Waals surface area contributed by atoms with Crippen LogP contribution in [0.2, 0.25) is 0 Å². The second kappa shape index (κ2) is 8.31. The van der Waals surface area contributed by atoms with Crippen molar-refractivity contribution in [3.63, 3.8) is 0 Å². The van der Waals surface area contributed by atoms with Crippen molar-refractivity contribution in [3.05, 3.63) is 30.1 Å². The van der Waals surface area contributed by atoms with Gasteiger partial charge in [-0.2, -0.15) is 0 Å². The maximum atomic E-state index is 4.12. The maximum Gasteiger partial charge on any atom is 0.0270 e. The molecule has 106 valence electrons. The van der Waals surface area contributed by atoms with E-state index in [0.29, 0.717) is 0 Å². The van der Waals surface area contributed by atoms with Gasteiger partial charge in [-0.3, -0.25) is 4.98 Å². The highest BCUT2D eigenvalue weighted by Gasteiger charge is 2.23. The molecule has 1 saturated carbocycles. The summed E-state index contributed by atoms with van der Waals surface area (Å²) in [7, 11) is 0. The Kier molecular flexibility index (Phi) is 6.35. The summed E-state index contributed by atoms with van der Waals surface area (Å²) < 4.78 is 0. The van der Waals surface area contributed by atoms with Crippen molar-refractivity contribution in [1.82, 2.24) is 10.3 Å². The normalized spacial score (nSPS) is 24.1. The smallest absolute Gasteiger partial charge is 0.0270 e. The summed E-state index contributed by atoms with van der Waals surface area (Å²) in [4.78, 5) is 4.12. The molecule has 0 bridgehead atoms. The van der Waals surface area contributed by atoms with E-state index in [2.05, 4.69) is 29.4 Å². The van der Waals surface area contributed by atoms with Crippen LogP contribution in [0, 0.1) is 11.8 Å². The van der Waals surface area contributed by atoms with Crippen LogP contribution in [-0.2, 0) is 6.42 Å². The Labute approximate surface area is 118 Å². The molecule has 1 aliphatic rings. The highest BCUT2D eigenvalue weighted by molar-refractivity contribution is 5.10. The molecule has 2 rings (SSSR count). The molecular weight excluding hydrogens is 232 g/mol. The van der Waals surface area contributed by atoms with Crippen LogP contribution in [0.5, 0.6) is 0 Å². The predicted octanol–water partition coefficient (Wildman–Crippen LogP) is 3.82. The van der Waals surface area contributed by atoms with Crippen molar-refractivity contribution in [1.29, 1.82) is 0 Å². The van der Waals surface area contributed by atoms with Gasteiger partial charge in [0, 0.05) is 12.4 Å². The van der Waals surface area contributed by atoms with Crippen LogP contribution in [0.15, 0.2) is 24.5 Å². The van der Waals surface area contributed by atoms with Crippen LogP contribution in [0.4, 0.5) is 0 Å². The fourth-order valence-electron chi connectivity index (χ4n) is 3.28. The average molecular weight is 260 g/mol. The minimum atomic E-state index is 0.856. The highest BCUT2D eigenvalue weighted by Crippen LogP contribution is 2.31. The Morgan fingerprint density at radius 2 is 1.84 bits per heavy atom. The zero-order chi connectivity index (χ0) is 13.3. The third-order valence-corrected chi connectivity index (χ3v) is 4.40. The fourth-order valence-corrected chi connectivity index (χ4v) is 3.28. The summed E-state index contributed by atoms with van der Waals surface area (Å²) in [6.45, 7) is 4.62. The lowest BCUT2D eigenvalue weighted by Crippen LogP contribution is -2.29. The number of nitrogens with zero attached hydrogens (tertiary/aromatic N) is 1. The first kappa shape index (κ1) is 14.5. The Balaban J connectivity index is 1.92. The number of nitrogens with one attached hydrogen (secondary N) is 1. The molecule has 2 nitrogen and oxygen atoms in total. The second-order valence-electron chi connectivity index (χ2n) is 5.92. The molecule has 2 heteroatoms. The minimum Gasteiger partial charge on any atom is -0.316 e. The van der Waals surface area contributed by atoms with E-state index in [0.717, 1.165) is 11.8 Å². The molecule has 1 N–H and O–H groups in total. The summed E-state index contributed by atoms with van der Waals surface area (Å²) in [5.74, 6) is 1.72. The Hall–Kier alpha value is -0.890. The lowest BCUT2D eigenvalue weighted by molar-refractivity contribution is 0.298. The Morgan fingerprint density at radius 1 is 1.11 bits per heavy atom. The Bertz CT molecular complexity index is 336. The van der Waals surface area contributed by atoms with E-state index in [9.17, 15) is 0 Å². The number of rotatable bonds is 6. The zero-order valence-electron chi connectivity index (χ0n) is 12.3. The quantitative estimate of drug-likeness (QED) is 0.621. The van der Waals surface area contributed by atoms with Crippen LogP contribution < -0.4 is 5.32 Å². The zero-order valence-corrected chi connectivity index (χ0v) is 12.3. The monoisotopic (exact) mass is 260 g/mol.